The van der Waals surface area contributed by atoms with Gasteiger partial charge in [-0.05, 0) is 38.2 Å². The number of aliphatic hydroxyl groups excluding tert-OH is 1. The molecule has 1 unspecified atom stereocenters. The van der Waals surface area contributed by atoms with Crippen LogP contribution in [0.25, 0.3) is 0 Å². The zero-order valence-electron chi connectivity index (χ0n) is 7.14. The van der Waals surface area contributed by atoms with Gasteiger partial charge in [0.2, 0.25) is 0 Å². The van der Waals surface area contributed by atoms with Crippen LogP contribution >= 0.6 is 0 Å². The van der Waals surface area contributed by atoms with E-state index in [-0.39, 0.29) is 6.04 Å². The molecular formula is C9H17NO. The molecule has 1 rings (SSSR count). The average Bonchev–Trinajstić information content (AvgIpc) is 1.79. The van der Waals surface area contributed by atoms with E-state index < -0.39 is 0 Å². The van der Waals surface area contributed by atoms with Crippen molar-refractivity contribution >= 4 is 0 Å². The van der Waals surface area contributed by atoms with Gasteiger partial charge in [0.05, 0.1) is 5.76 Å². The van der Waals surface area contributed by atoms with Gasteiger partial charge < -0.3 is 10.8 Å². The van der Waals surface area contributed by atoms with Crippen LogP contribution in [0.4, 0.5) is 0 Å². The largest absolute Gasteiger partial charge is 0.512 e. The molecule has 1 aliphatic rings. The maximum atomic E-state index is 9.44. The Labute approximate surface area is 68.1 Å². The highest BCUT2D eigenvalue weighted by Gasteiger charge is 2.13. The molecular weight excluding hydrogens is 138 g/mol. The van der Waals surface area contributed by atoms with Crippen molar-refractivity contribution in [1.82, 2.24) is 0 Å². The van der Waals surface area contributed by atoms with Crippen LogP contribution in [0.1, 0.15) is 39.0 Å². The van der Waals surface area contributed by atoms with E-state index in [1.807, 2.05) is 6.92 Å². The van der Waals surface area contributed by atoms with Gasteiger partial charge in [-0.15, -0.1) is 0 Å². The molecule has 1 saturated carbocycles. The summed E-state index contributed by atoms with van der Waals surface area (Å²) >= 11 is 0. The van der Waals surface area contributed by atoms with Gasteiger partial charge in [0.1, 0.15) is 0 Å². The summed E-state index contributed by atoms with van der Waals surface area (Å²) in [6, 6.07) is 0.206. The molecule has 0 spiro atoms. The number of allylic oxidation sites excluding steroid dienone is 2. The second-order valence-corrected chi connectivity index (χ2v) is 3.42. The molecule has 0 heterocycles. The van der Waals surface area contributed by atoms with E-state index in [4.69, 9.17) is 5.73 Å². The Bertz CT molecular complexity index is 155. The lowest BCUT2D eigenvalue weighted by Gasteiger charge is -2.18. The quantitative estimate of drug-likeness (QED) is 0.613. The molecule has 0 aromatic heterocycles. The van der Waals surface area contributed by atoms with Crippen LogP contribution in [-0.4, -0.2) is 11.1 Å². The van der Waals surface area contributed by atoms with Gasteiger partial charge in [-0.3, -0.25) is 0 Å². The van der Waals surface area contributed by atoms with Gasteiger partial charge in [0, 0.05) is 12.5 Å². The maximum absolute atomic E-state index is 9.44. The van der Waals surface area contributed by atoms with Gasteiger partial charge >= 0.3 is 0 Å². The minimum atomic E-state index is 0.206. The first-order chi connectivity index (χ1) is 5.20. The third-order valence-electron chi connectivity index (χ3n) is 2.20. The molecule has 1 fully saturated rings. The molecule has 11 heavy (non-hydrogen) atoms. The van der Waals surface area contributed by atoms with E-state index in [1.165, 1.54) is 12.0 Å². The second-order valence-electron chi connectivity index (χ2n) is 3.42. The standard InChI is InChI=1S/C9H17NO/c1-7(10)5-6-9(11)8-3-2-4-8/h7,11H,2-6,10H2,1H3. The third kappa shape index (κ3) is 2.54. The van der Waals surface area contributed by atoms with Crippen LogP contribution in [0.3, 0.4) is 0 Å². The highest BCUT2D eigenvalue weighted by Crippen LogP contribution is 2.29. The summed E-state index contributed by atoms with van der Waals surface area (Å²) in [7, 11) is 0. The molecule has 0 saturated heterocycles. The predicted octanol–water partition coefficient (Wildman–Crippen LogP) is 2.11. The highest BCUT2D eigenvalue weighted by molar-refractivity contribution is 5.13. The third-order valence-corrected chi connectivity index (χ3v) is 2.20. The van der Waals surface area contributed by atoms with Crippen molar-refractivity contribution < 1.29 is 5.11 Å². The van der Waals surface area contributed by atoms with E-state index in [0.717, 1.165) is 25.7 Å². The molecule has 0 bridgehead atoms. The Morgan fingerprint density at radius 3 is 2.64 bits per heavy atom. The fourth-order valence-corrected chi connectivity index (χ4v) is 1.18. The van der Waals surface area contributed by atoms with Crippen molar-refractivity contribution in [2.24, 2.45) is 5.73 Å². The van der Waals surface area contributed by atoms with E-state index in [0.29, 0.717) is 5.76 Å². The Kier molecular flexibility index (Phi) is 2.94. The smallest absolute Gasteiger partial charge is 0.0915 e. The van der Waals surface area contributed by atoms with Crippen molar-refractivity contribution in [3.63, 3.8) is 0 Å². The zero-order valence-corrected chi connectivity index (χ0v) is 7.14. The number of hydrogen-bond acceptors (Lipinski definition) is 2. The molecule has 1 atom stereocenters. The second kappa shape index (κ2) is 3.77. The minimum Gasteiger partial charge on any atom is -0.512 e. The Balaban J connectivity index is 2.25. The fourth-order valence-electron chi connectivity index (χ4n) is 1.18. The van der Waals surface area contributed by atoms with E-state index in [9.17, 15) is 5.11 Å². The Morgan fingerprint density at radius 2 is 2.27 bits per heavy atom. The normalized spacial score (nSPS) is 19.3. The van der Waals surface area contributed by atoms with Gasteiger partial charge in [0.15, 0.2) is 0 Å². The summed E-state index contributed by atoms with van der Waals surface area (Å²) in [5, 5.41) is 9.44. The molecule has 0 radical (unpaired) electrons. The zero-order chi connectivity index (χ0) is 8.27. The summed E-state index contributed by atoms with van der Waals surface area (Å²) in [5.41, 5.74) is 6.82. The van der Waals surface area contributed by atoms with Crippen LogP contribution in [0.2, 0.25) is 0 Å². The van der Waals surface area contributed by atoms with E-state index in [1.54, 1.807) is 0 Å². The van der Waals surface area contributed by atoms with Gasteiger partial charge in [-0.1, -0.05) is 0 Å². The Morgan fingerprint density at radius 1 is 1.64 bits per heavy atom. The monoisotopic (exact) mass is 155 g/mol. The SMILES string of the molecule is CC(N)CCC(O)=C1CCC1. The summed E-state index contributed by atoms with van der Waals surface area (Å²) in [4.78, 5) is 0. The molecule has 2 heteroatoms. The molecule has 2 nitrogen and oxygen atoms in total. The first-order valence-corrected chi connectivity index (χ1v) is 4.35. The first-order valence-electron chi connectivity index (χ1n) is 4.35. The Hall–Kier alpha value is -0.500. The van der Waals surface area contributed by atoms with Crippen molar-refractivity contribution in [2.45, 2.75) is 45.1 Å². The number of aliphatic hydroxyl groups is 1. The lowest BCUT2D eigenvalue weighted by molar-refractivity contribution is 0.356. The fraction of sp³-hybridized carbons (Fsp3) is 0.778. The van der Waals surface area contributed by atoms with Crippen LogP contribution in [-0.2, 0) is 0 Å². The molecule has 0 amide bonds. The van der Waals surface area contributed by atoms with Crippen molar-refractivity contribution in [1.29, 1.82) is 0 Å². The van der Waals surface area contributed by atoms with Crippen LogP contribution in [0.15, 0.2) is 11.3 Å². The van der Waals surface area contributed by atoms with Gasteiger partial charge in [-0.2, -0.15) is 0 Å². The van der Waals surface area contributed by atoms with Crippen molar-refractivity contribution in [2.75, 3.05) is 0 Å². The molecule has 0 aliphatic heterocycles. The van der Waals surface area contributed by atoms with Crippen LogP contribution < -0.4 is 5.73 Å². The summed E-state index contributed by atoms with van der Waals surface area (Å²) in [6.45, 7) is 1.97. The average molecular weight is 155 g/mol. The molecule has 3 N–H and O–H groups in total. The van der Waals surface area contributed by atoms with Crippen LogP contribution in [0, 0.1) is 0 Å². The first kappa shape index (κ1) is 8.60. The molecule has 1 aliphatic carbocycles. The van der Waals surface area contributed by atoms with Crippen molar-refractivity contribution in [3.8, 4) is 0 Å². The topological polar surface area (TPSA) is 46.2 Å². The molecule has 0 aromatic rings. The summed E-state index contributed by atoms with van der Waals surface area (Å²) in [5.74, 6) is 0.605. The highest BCUT2D eigenvalue weighted by atomic mass is 16.3. The lowest BCUT2D eigenvalue weighted by Crippen LogP contribution is -2.15. The summed E-state index contributed by atoms with van der Waals surface area (Å²) < 4.78 is 0. The van der Waals surface area contributed by atoms with Crippen LogP contribution in [0.5, 0.6) is 0 Å². The maximum Gasteiger partial charge on any atom is 0.0915 e. The molecule has 64 valence electrons. The van der Waals surface area contributed by atoms with Crippen molar-refractivity contribution in [3.05, 3.63) is 11.3 Å². The predicted molar refractivity (Wildman–Crippen MR) is 46.4 cm³/mol. The molecule has 0 aromatic carbocycles. The lowest BCUT2D eigenvalue weighted by atomic mass is 9.90. The number of hydrogen-bond donors (Lipinski definition) is 2. The van der Waals surface area contributed by atoms with E-state index in [2.05, 4.69) is 0 Å². The number of nitrogens with two attached hydrogens (primary N) is 1. The minimum absolute atomic E-state index is 0.206. The summed E-state index contributed by atoms with van der Waals surface area (Å²) in [6.07, 6.45) is 5.12. The van der Waals surface area contributed by atoms with Gasteiger partial charge in [-0.25, -0.2) is 0 Å². The van der Waals surface area contributed by atoms with E-state index >= 15 is 0 Å². The number of rotatable bonds is 3. The van der Waals surface area contributed by atoms with Gasteiger partial charge in [0.25, 0.3) is 0 Å².